The summed E-state index contributed by atoms with van der Waals surface area (Å²) in [5, 5.41) is 88.0. The Morgan fingerprint density at radius 1 is 0.327 bits per heavy atom. The van der Waals surface area contributed by atoms with Crippen LogP contribution < -0.4 is 5.32 Å². The Morgan fingerprint density at radius 2 is 0.582 bits per heavy atom. The van der Waals surface area contributed by atoms with Gasteiger partial charge in [0, 0.05) is 6.42 Å². The molecular formula is C84H165NO13. The molecule has 584 valence electrons. The predicted octanol–water partition coefficient (Wildman–Crippen LogP) is 20.3. The van der Waals surface area contributed by atoms with E-state index in [2.05, 4.69) is 19.2 Å². The van der Waals surface area contributed by atoms with Gasteiger partial charge < -0.3 is 65.1 Å². The van der Waals surface area contributed by atoms with E-state index in [9.17, 15) is 45.6 Å². The first-order valence-corrected chi connectivity index (χ1v) is 43.3. The molecule has 12 atom stereocenters. The lowest BCUT2D eigenvalue weighted by molar-refractivity contribution is -0.359. The van der Waals surface area contributed by atoms with E-state index < -0.39 is 86.8 Å². The maximum absolute atomic E-state index is 13.4. The van der Waals surface area contributed by atoms with Crippen molar-refractivity contribution in [2.24, 2.45) is 0 Å². The normalized spacial score (nSPS) is 21.9. The highest BCUT2D eigenvalue weighted by Crippen LogP contribution is 2.31. The topological polar surface area (TPSA) is 228 Å². The second-order valence-electron chi connectivity index (χ2n) is 31.0. The number of nitrogens with one attached hydrogen (secondary N) is 1. The van der Waals surface area contributed by atoms with Gasteiger partial charge in [-0.3, -0.25) is 4.79 Å². The van der Waals surface area contributed by atoms with Crippen molar-refractivity contribution in [3.8, 4) is 0 Å². The number of hydrogen-bond acceptors (Lipinski definition) is 13. The Kier molecular flexibility index (Phi) is 65.6. The summed E-state index contributed by atoms with van der Waals surface area (Å²) in [5.74, 6) is -0.194. The quantitative estimate of drug-likeness (QED) is 0.0259. The molecule has 0 aliphatic carbocycles. The van der Waals surface area contributed by atoms with Gasteiger partial charge in [-0.15, -0.1) is 0 Å². The lowest BCUT2D eigenvalue weighted by Crippen LogP contribution is -2.65. The van der Waals surface area contributed by atoms with Crippen LogP contribution in [0.15, 0.2) is 0 Å². The number of carbonyl (C=O) groups is 1. The smallest absolute Gasteiger partial charge is 0.220 e. The first-order valence-electron chi connectivity index (χ1n) is 43.3. The third-order valence-corrected chi connectivity index (χ3v) is 21.8. The molecule has 0 aromatic carbocycles. The van der Waals surface area contributed by atoms with E-state index in [0.717, 1.165) is 51.4 Å². The van der Waals surface area contributed by atoms with Crippen LogP contribution in [0.1, 0.15) is 438 Å². The van der Waals surface area contributed by atoms with E-state index in [1.807, 2.05) is 0 Å². The van der Waals surface area contributed by atoms with Gasteiger partial charge in [0.05, 0.1) is 32.0 Å². The van der Waals surface area contributed by atoms with Crippen LogP contribution in [-0.2, 0) is 23.7 Å². The van der Waals surface area contributed by atoms with Crippen LogP contribution in [0.4, 0.5) is 0 Å². The third-order valence-electron chi connectivity index (χ3n) is 21.8. The average Bonchev–Trinajstić information content (AvgIpc) is 0.793. The molecule has 2 rings (SSSR count). The molecule has 12 unspecified atom stereocenters. The molecule has 2 aliphatic rings. The summed E-state index contributed by atoms with van der Waals surface area (Å²) in [6, 6.07) is -0.826. The Labute approximate surface area is 604 Å². The van der Waals surface area contributed by atoms with Gasteiger partial charge in [-0.05, 0) is 12.8 Å². The molecule has 2 heterocycles. The molecule has 0 aromatic heterocycles. The van der Waals surface area contributed by atoms with Crippen molar-refractivity contribution in [2.45, 2.75) is 511 Å². The Morgan fingerprint density at radius 3 is 0.867 bits per heavy atom. The van der Waals surface area contributed by atoms with Crippen molar-refractivity contribution < 1.29 is 64.6 Å². The van der Waals surface area contributed by atoms with Gasteiger partial charge in [0.15, 0.2) is 12.6 Å². The van der Waals surface area contributed by atoms with Gasteiger partial charge in [0.25, 0.3) is 0 Å². The molecule has 98 heavy (non-hydrogen) atoms. The fourth-order valence-electron chi connectivity index (χ4n) is 15.0. The Hall–Kier alpha value is -1.01. The summed E-state index contributed by atoms with van der Waals surface area (Å²) in [6.45, 7) is 2.96. The fourth-order valence-corrected chi connectivity index (χ4v) is 15.0. The summed E-state index contributed by atoms with van der Waals surface area (Å²) in [6.07, 6.45) is 70.3. The number of ether oxygens (including phenoxy) is 4. The minimum Gasteiger partial charge on any atom is -0.394 e. The van der Waals surface area contributed by atoms with Crippen LogP contribution in [0, 0.1) is 0 Å². The van der Waals surface area contributed by atoms with Crippen molar-refractivity contribution in [2.75, 3.05) is 19.8 Å². The summed E-state index contributed by atoms with van der Waals surface area (Å²) in [5.41, 5.74) is 0. The molecule has 1 amide bonds. The number of amides is 1. The molecule has 0 saturated carbocycles. The van der Waals surface area contributed by atoms with Crippen molar-refractivity contribution in [1.82, 2.24) is 5.32 Å². The van der Waals surface area contributed by atoms with Crippen LogP contribution in [0.3, 0.4) is 0 Å². The summed E-state index contributed by atoms with van der Waals surface area (Å²) in [7, 11) is 0. The number of unbranched alkanes of at least 4 members (excludes halogenated alkanes) is 62. The van der Waals surface area contributed by atoms with Crippen molar-refractivity contribution in [1.29, 1.82) is 0 Å². The number of rotatable bonds is 75. The zero-order valence-corrected chi connectivity index (χ0v) is 64.3. The molecule has 9 N–H and O–H groups in total. The number of aliphatic hydroxyl groups is 8. The van der Waals surface area contributed by atoms with Gasteiger partial charge in [0.1, 0.15) is 48.8 Å². The number of carbonyl (C=O) groups excluding carboxylic acids is 1. The fraction of sp³-hybridized carbons (Fsp3) is 0.988. The first kappa shape index (κ1) is 93.1. The monoisotopic (exact) mass is 1400 g/mol. The SMILES string of the molecule is CCCCCCCCCCCCCCCCCCCCCCCCCCCCCCCCCCCCC(=O)NC(COC1OC(CO)C(OC2OC(CO)C(O)C(O)C2O)C(O)C1O)C(O)CCCCCCCCCCCCCCCCCCCCCCCCCCCCCCCC. The lowest BCUT2D eigenvalue weighted by Gasteiger charge is -2.46. The molecule has 0 spiro atoms. The highest BCUT2D eigenvalue weighted by atomic mass is 16.7. The average molecular weight is 1400 g/mol. The highest BCUT2D eigenvalue weighted by molar-refractivity contribution is 5.76. The van der Waals surface area contributed by atoms with E-state index in [1.54, 1.807) is 0 Å². The maximum Gasteiger partial charge on any atom is 0.220 e. The molecule has 14 nitrogen and oxygen atoms in total. The summed E-state index contributed by atoms with van der Waals surface area (Å²) >= 11 is 0. The minimum absolute atomic E-state index is 0.194. The van der Waals surface area contributed by atoms with E-state index >= 15 is 0 Å². The van der Waals surface area contributed by atoms with Crippen LogP contribution in [0.25, 0.3) is 0 Å². The predicted molar refractivity (Wildman–Crippen MR) is 406 cm³/mol. The van der Waals surface area contributed by atoms with Crippen LogP contribution in [-0.4, -0.2) is 140 Å². The highest BCUT2D eigenvalue weighted by Gasteiger charge is 2.51. The minimum atomic E-state index is -1.78. The van der Waals surface area contributed by atoms with Gasteiger partial charge in [-0.1, -0.05) is 418 Å². The number of aliphatic hydroxyl groups excluding tert-OH is 8. The van der Waals surface area contributed by atoms with E-state index in [-0.39, 0.29) is 12.5 Å². The van der Waals surface area contributed by atoms with Gasteiger partial charge in [-0.2, -0.15) is 0 Å². The Balaban J connectivity index is 1.57. The van der Waals surface area contributed by atoms with Crippen molar-refractivity contribution in [3.05, 3.63) is 0 Å². The molecule has 2 fully saturated rings. The van der Waals surface area contributed by atoms with Gasteiger partial charge >= 0.3 is 0 Å². The van der Waals surface area contributed by atoms with E-state index in [1.165, 1.54) is 360 Å². The van der Waals surface area contributed by atoms with Crippen molar-refractivity contribution >= 4 is 5.91 Å². The second-order valence-corrected chi connectivity index (χ2v) is 31.0. The molecule has 0 aromatic rings. The van der Waals surface area contributed by atoms with Crippen LogP contribution in [0.5, 0.6) is 0 Å². The molecule has 2 aliphatic heterocycles. The largest absolute Gasteiger partial charge is 0.394 e. The number of hydrogen-bond donors (Lipinski definition) is 9. The zero-order chi connectivity index (χ0) is 70.8. The van der Waals surface area contributed by atoms with Gasteiger partial charge in [0.2, 0.25) is 5.91 Å². The van der Waals surface area contributed by atoms with Crippen LogP contribution >= 0.6 is 0 Å². The third kappa shape index (κ3) is 51.2. The molecule has 0 bridgehead atoms. The summed E-state index contributed by atoms with van der Waals surface area (Å²) in [4.78, 5) is 13.4. The zero-order valence-electron chi connectivity index (χ0n) is 64.3. The lowest BCUT2D eigenvalue weighted by atomic mass is 9.97. The standard InChI is InChI=1S/C84H165NO13/c1-3-5-7-9-11-13-15-17-19-21-23-25-27-29-31-33-35-36-37-38-40-42-44-46-48-50-52-54-56-58-60-62-64-66-68-76(89)85-72(71-95-83-81(94)79(92)82(75(70-87)97-83)98-84-80(93)78(91)77(90)74(69-86)96-84)73(88)67-65-63-61-59-57-55-53-51-49-47-45-43-41-39-34-32-30-28-26-24-22-20-18-16-14-12-10-8-6-4-2/h72-75,77-84,86-88,90-94H,3-71H2,1-2H3,(H,85,89). The first-order chi connectivity index (χ1) is 48.1. The van der Waals surface area contributed by atoms with E-state index in [0.29, 0.717) is 12.8 Å². The molecular weight excluding hydrogens is 1230 g/mol. The molecule has 0 radical (unpaired) electrons. The second kappa shape index (κ2) is 69.1. The van der Waals surface area contributed by atoms with Gasteiger partial charge in [-0.25, -0.2) is 0 Å². The van der Waals surface area contributed by atoms with Crippen molar-refractivity contribution in [3.63, 3.8) is 0 Å². The van der Waals surface area contributed by atoms with E-state index in [4.69, 9.17) is 18.9 Å². The maximum atomic E-state index is 13.4. The molecule has 2 saturated heterocycles. The molecule has 14 heteroatoms. The van der Waals surface area contributed by atoms with Crippen LogP contribution in [0.2, 0.25) is 0 Å². The summed E-state index contributed by atoms with van der Waals surface area (Å²) < 4.78 is 23.0. The Bertz CT molecular complexity index is 1650.